The molecule has 170 valence electrons. The molecule has 1 aliphatic heterocycles. The first-order chi connectivity index (χ1) is 15.2. The van der Waals surface area contributed by atoms with Crippen LogP contribution >= 0.6 is 0 Å². The highest BCUT2D eigenvalue weighted by Crippen LogP contribution is 2.48. The van der Waals surface area contributed by atoms with Crippen molar-refractivity contribution in [2.24, 2.45) is 11.8 Å². The van der Waals surface area contributed by atoms with Gasteiger partial charge in [-0.25, -0.2) is 9.59 Å². The van der Waals surface area contributed by atoms with E-state index in [1.807, 2.05) is 0 Å². The van der Waals surface area contributed by atoms with Crippen molar-refractivity contribution in [1.29, 1.82) is 0 Å². The number of rotatable bonds is 4. The number of benzene rings is 2. The van der Waals surface area contributed by atoms with Gasteiger partial charge in [-0.05, 0) is 60.4 Å². The van der Waals surface area contributed by atoms with Gasteiger partial charge in [0.15, 0.2) is 0 Å². The van der Waals surface area contributed by atoms with Crippen LogP contribution in [-0.4, -0.2) is 42.2 Å². The topological polar surface area (TPSA) is 78.9 Å². The Bertz CT molecular complexity index is 1030. The number of carbonyl (C=O) groups excluding carboxylic acids is 1. The number of ether oxygens (including phenoxy) is 1. The van der Waals surface area contributed by atoms with Crippen LogP contribution in [-0.2, 0) is 6.18 Å². The van der Waals surface area contributed by atoms with E-state index in [4.69, 9.17) is 4.74 Å². The second-order valence-corrected chi connectivity index (χ2v) is 8.33. The van der Waals surface area contributed by atoms with E-state index in [1.54, 1.807) is 23.1 Å². The standard InChI is InChI=1S/C23H23F3N2O4/c1-32-16-6-7-20(18(10-16)21(29)30)27-22(31)28-11-14-8-13(9-15(14)12-28)17-4-2-3-5-19(17)23(24,25)26/h2-7,10,13-15H,8-9,11-12H2,1H3,(H,27,31)(H,29,30)/t13?,14-,15+. The molecule has 1 aliphatic carbocycles. The lowest BCUT2D eigenvalue weighted by Crippen LogP contribution is -2.34. The molecular formula is C23H23F3N2O4. The number of nitrogens with one attached hydrogen (secondary N) is 1. The summed E-state index contributed by atoms with van der Waals surface area (Å²) >= 11 is 0. The van der Waals surface area contributed by atoms with Gasteiger partial charge in [-0.2, -0.15) is 13.2 Å². The van der Waals surface area contributed by atoms with Crippen molar-refractivity contribution in [3.63, 3.8) is 0 Å². The van der Waals surface area contributed by atoms with Crippen molar-refractivity contribution in [2.75, 3.05) is 25.5 Å². The number of aromatic carboxylic acids is 1. The number of carboxylic acids is 1. The Morgan fingerprint density at radius 2 is 1.75 bits per heavy atom. The van der Waals surface area contributed by atoms with E-state index < -0.39 is 23.7 Å². The Hall–Kier alpha value is -3.23. The van der Waals surface area contributed by atoms with Gasteiger partial charge in [0.05, 0.1) is 23.9 Å². The van der Waals surface area contributed by atoms with Crippen LogP contribution in [0.5, 0.6) is 5.75 Å². The maximum absolute atomic E-state index is 13.4. The number of hydrogen-bond acceptors (Lipinski definition) is 3. The second-order valence-electron chi connectivity index (χ2n) is 8.33. The minimum absolute atomic E-state index is 0.0825. The lowest BCUT2D eigenvalue weighted by molar-refractivity contribution is -0.138. The molecule has 2 N–H and O–H groups in total. The second kappa shape index (κ2) is 8.37. The van der Waals surface area contributed by atoms with Gasteiger partial charge < -0.3 is 20.1 Å². The Morgan fingerprint density at radius 1 is 1.09 bits per heavy atom. The Balaban J connectivity index is 1.43. The highest BCUT2D eigenvalue weighted by Gasteiger charge is 2.45. The summed E-state index contributed by atoms with van der Waals surface area (Å²) in [7, 11) is 1.42. The number of carbonyl (C=O) groups is 2. The minimum Gasteiger partial charge on any atom is -0.497 e. The number of nitrogens with zero attached hydrogens (tertiary/aromatic N) is 1. The van der Waals surface area contributed by atoms with E-state index in [9.17, 15) is 27.9 Å². The van der Waals surface area contributed by atoms with Gasteiger partial charge in [0.25, 0.3) is 0 Å². The summed E-state index contributed by atoms with van der Waals surface area (Å²) in [6.07, 6.45) is -3.21. The van der Waals surface area contributed by atoms with Crippen LogP contribution in [0.4, 0.5) is 23.7 Å². The predicted octanol–water partition coefficient (Wildman–Crippen LogP) is 5.07. The zero-order valence-electron chi connectivity index (χ0n) is 17.4. The summed E-state index contributed by atoms with van der Waals surface area (Å²) < 4.78 is 45.2. The van der Waals surface area contributed by atoms with Crippen molar-refractivity contribution in [3.05, 3.63) is 59.2 Å². The number of fused-ring (bicyclic) bond motifs is 1. The average Bonchev–Trinajstić information content (AvgIpc) is 3.32. The lowest BCUT2D eigenvalue weighted by atomic mass is 9.91. The molecule has 4 rings (SSSR count). The quantitative estimate of drug-likeness (QED) is 0.685. The average molecular weight is 448 g/mol. The number of amides is 2. The Morgan fingerprint density at radius 3 is 2.34 bits per heavy atom. The summed E-state index contributed by atoms with van der Waals surface area (Å²) in [5.74, 6) is -0.790. The lowest BCUT2D eigenvalue weighted by Gasteiger charge is -2.22. The summed E-state index contributed by atoms with van der Waals surface area (Å²) in [6, 6.07) is 9.66. The third kappa shape index (κ3) is 4.24. The van der Waals surface area contributed by atoms with Crippen molar-refractivity contribution >= 4 is 17.7 Å². The molecule has 1 saturated heterocycles. The first kappa shape index (κ1) is 22.0. The molecule has 32 heavy (non-hydrogen) atoms. The van der Waals surface area contributed by atoms with Gasteiger partial charge in [0.1, 0.15) is 5.75 Å². The largest absolute Gasteiger partial charge is 0.497 e. The number of likely N-dealkylation sites (tertiary alicyclic amines) is 1. The number of anilines is 1. The summed E-state index contributed by atoms with van der Waals surface area (Å²) in [5, 5.41) is 12.1. The first-order valence-electron chi connectivity index (χ1n) is 10.3. The zero-order chi connectivity index (χ0) is 23.0. The van der Waals surface area contributed by atoms with Gasteiger partial charge in [0.2, 0.25) is 0 Å². The predicted molar refractivity (Wildman–Crippen MR) is 111 cm³/mol. The SMILES string of the molecule is COc1ccc(NC(=O)N2C[C@H]3CC(c4ccccc4C(F)(F)F)C[C@H]3C2)c(C(=O)O)c1. The molecule has 0 spiro atoms. The molecule has 1 heterocycles. The maximum atomic E-state index is 13.4. The fourth-order valence-corrected chi connectivity index (χ4v) is 4.96. The molecule has 2 aromatic carbocycles. The Kier molecular flexibility index (Phi) is 5.75. The fraction of sp³-hybridized carbons (Fsp3) is 0.391. The third-order valence-electron chi connectivity index (χ3n) is 6.44. The molecule has 2 aromatic rings. The third-order valence-corrected chi connectivity index (χ3v) is 6.44. The van der Waals surface area contributed by atoms with Crippen LogP contribution in [0.25, 0.3) is 0 Å². The van der Waals surface area contributed by atoms with Crippen molar-refractivity contribution < 1.29 is 32.6 Å². The Labute approximate surface area is 183 Å². The number of halogens is 3. The first-order valence-corrected chi connectivity index (χ1v) is 10.3. The van der Waals surface area contributed by atoms with E-state index in [-0.39, 0.29) is 29.0 Å². The molecule has 3 atom stereocenters. The van der Waals surface area contributed by atoms with Crippen LogP contribution in [0.15, 0.2) is 42.5 Å². The van der Waals surface area contributed by atoms with Crippen LogP contribution in [0.2, 0.25) is 0 Å². The number of hydrogen-bond donors (Lipinski definition) is 2. The number of methoxy groups -OCH3 is 1. The van der Waals surface area contributed by atoms with Crippen LogP contribution in [0.1, 0.15) is 40.2 Å². The summed E-state index contributed by atoms with van der Waals surface area (Å²) in [5.41, 5.74) is -0.173. The van der Waals surface area contributed by atoms with E-state index in [1.165, 1.54) is 25.3 Å². The van der Waals surface area contributed by atoms with Crippen molar-refractivity contribution in [2.45, 2.75) is 24.9 Å². The molecule has 0 radical (unpaired) electrons. The van der Waals surface area contributed by atoms with E-state index in [2.05, 4.69) is 5.32 Å². The van der Waals surface area contributed by atoms with E-state index in [0.717, 1.165) is 6.07 Å². The highest BCUT2D eigenvalue weighted by molar-refractivity contribution is 6.00. The van der Waals surface area contributed by atoms with Gasteiger partial charge >= 0.3 is 18.2 Å². The van der Waals surface area contributed by atoms with Gasteiger partial charge in [-0.15, -0.1) is 0 Å². The highest BCUT2D eigenvalue weighted by atomic mass is 19.4. The number of alkyl halides is 3. The molecule has 0 aromatic heterocycles. The minimum atomic E-state index is -4.39. The zero-order valence-corrected chi connectivity index (χ0v) is 17.4. The fourth-order valence-electron chi connectivity index (χ4n) is 4.96. The van der Waals surface area contributed by atoms with Gasteiger partial charge in [-0.1, -0.05) is 18.2 Å². The number of urea groups is 1. The van der Waals surface area contributed by atoms with E-state index in [0.29, 0.717) is 37.2 Å². The maximum Gasteiger partial charge on any atom is 0.416 e. The van der Waals surface area contributed by atoms with Crippen LogP contribution < -0.4 is 10.1 Å². The molecular weight excluding hydrogens is 425 g/mol. The van der Waals surface area contributed by atoms with Crippen molar-refractivity contribution in [1.82, 2.24) is 4.90 Å². The summed E-state index contributed by atoms with van der Waals surface area (Å²) in [6.45, 7) is 0.861. The molecule has 1 unspecified atom stereocenters. The molecule has 2 aliphatic rings. The summed E-state index contributed by atoms with van der Waals surface area (Å²) in [4.78, 5) is 25.9. The number of carboxylic acid groups (broad SMARTS) is 1. The molecule has 0 bridgehead atoms. The van der Waals surface area contributed by atoms with E-state index >= 15 is 0 Å². The molecule has 1 saturated carbocycles. The molecule has 6 nitrogen and oxygen atoms in total. The molecule has 2 amide bonds. The molecule has 9 heteroatoms. The van der Waals surface area contributed by atoms with Crippen LogP contribution in [0.3, 0.4) is 0 Å². The van der Waals surface area contributed by atoms with Gasteiger partial charge in [0, 0.05) is 13.1 Å². The smallest absolute Gasteiger partial charge is 0.416 e. The molecule has 2 fully saturated rings. The van der Waals surface area contributed by atoms with Crippen molar-refractivity contribution in [3.8, 4) is 5.75 Å². The van der Waals surface area contributed by atoms with Gasteiger partial charge in [-0.3, -0.25) is 0 Å². The normalized spacial score (nSPS) is 22.5. The van der Waals surface area contributed by atoms with Crippen LogP contribution in [0, 0.1) is 11.8 Å². The monoisotopic (exact) mass is 448 g/mol.